The Labute approximate surface area is 165 Å². The number of carbonyl (C=O) groups is 1. The van der Waals surface area contributed by atoms with Crippen LogP contribution in [0.2, 0.25) is 0 Å². The molecule has 28 heavy (non-hydrogen) atoms. The molecule has 2 aromatic rings. The third kappa shape index (κ3) is 4.04. The molecule has 5 heteroatoms. The molecule has 5 nitrogen and oxygen atoms in total. The van der Waals surface area contributed by atoms with Crippen LogP contribution in [0.15, 0.2) is 45.6 Å². The van der Waals surface area contributed by atoms with Gasteiger partial charge in [-0.25, -0.2) is 4.79 Å². The maximum Gasteiger partial charge on any atom is 0.349 e. The Kier molecular flexibility index (Phi) is 5.62. The molecule has 0 bridgehead atoms. The van der Waals surface area contributed by atoms with Crippen LogP contribution in [0.4, 0.5) is 0 Å². The largest absolute Gasteiger partial charge is 0.427 e. The molecule has 2 saturated carbocycles. The van der Waals surface area contributed by atoms with E-state index in [2.05, 4.69) is 5.32 Å². The molecular formula is C23H27NO4. The summed E-state index contributed by atoms with van der Waals surface area (Å²) >= 11 is 0. The second-order valence-electron chi connectivity index (χ2n) is 7.97. The average Bonchev–Trinajstić information content (AvgIpc) is 3.06. The maximum atomic E-state index is 12.8. The number of hydrogen-bond donors (Lipinski definition) is 1. The van der Waals surface area contributed by atoms with Crippen molar-refractivity contribution in [2.75, 3.05) is 0 Å². The molecule has 2 aliphatic rings. The highest BCUT2D eigenvalue weighted by Gasteiger charge is 2.31. The van der Waals surface area contributed by atoms with Crippen LogP contribution in [0.3, 0.4) is 0 Å². The summed E-state index contributed by atoms with van der Waals surface area (Å²) in [6, 6.07) is 11.8. The number of ether oxygens (including phenoxy) is 1. The fourth-order valence-electron chi connectivity index (χ4n) is 4.11. The molecule has 148 valence electrons. The summed E-state index contributed by atoms with van der Waals surface area (Å²) in [5.41, 5.74) is 1.40. The summed E-state index contributed by atoms with van der Waals surface area (Å²) in [6.45, 7) is 2.33. The highest BCUT2D eigenvalue weighted by atomic mass is 16.5. The lowest BCUT2D eigenvalue weighted by molar-refractivity contribution is 0.0271. The van der Waals surface area contributed by atoms with Crippen molar-refractivity contribution in [3.05, 3.63) is 69.3 Å². The molecule has 0 spiro atoms. The van der Waals surface area contributed by atoms with E-state index in [9.17, 15) is 9.59 Å². The Hall–Kier alpha value is -2.40. The fourth-order valence-corrected chi connectivity index (χ4v) is 4.11. The molecule has 2 aliphatic carbocycles. The van der Waals surface area contributed by atoms with Crippen molar-refractivity contribution < 1.29 is 13.9 Å². The van der Waals surface area contributed by atoms with Gasteiger partial charge in [0.25, 0.3) is 5.91 Å². The molecule has 2 fully saturated rings. The normalized spacial score (nSPS) is 22.0. The Morgan fingerprint density at radius 2 is 1.89 bits per heavy atom. The van der Waals surface area contributed by atoms with Gasteiger partial charge in [0.2, 0.25) is 0 Å². The van der Waals surface area contributed by atoms with Crippen molar-refractivity contribution in [1.82, 2.24) is 5.32 Å². The van der Waals surface area contributed by atoms with Crippen LogP contribution in [0.5, 0.6) is 0 Å². The van der Waals surface area contributed by atoms with Crippen molar-refractivity contribution in [1.29, 1.82) is 0 Å². The number of hydrogen-bond acceptors (Lipinski definition) is 4. The van der Waals surface area contributed by atoms with Crippen molar-refractivity contribution in [2.45, 2.75) is 70.1 Å². The van der Waals surface area contributed by atoms with Gasteiger partial charge in [0.05, 0.1) is 18.8 Å². The zero-order chi connectivity index (χ0) is 19.5. The first-order valence-electron chi connectivity index (χ1n) is 10.2. The Morgan fingerprint density at radius 3 is 2.57 bits per heavy atom. The van der Waals surface area contributed by atoms with Gasteiger partial charge in [0.1, 0.15) is 11.3 Å². The number of aryl methyl sites for hydroxylation is 1. The van der Waals surface area contributed by atoms with E-state index >= 15 is 0 Å². The van der Waals surface area contributed by atoms with Gasteiger partial charge < -0.3 is 14.5 Å². The molecule has 4 rings (SSSR count). The quantitative estimate of drug-likeness (QED) is 0.818. The van der Waals surface area contributed by atoms with Crippen LogP contribution < -0.4 is 10.9 Å². The second kappa shape index (κ2) is 8.31. The molecule has 0 radical (unpaired) electrons. The standard InChI is InChI=1S/C23H27NO4/c1-15-13-20(17-9-5-10-17)28-23(26)21(15)22(25)24-18-11-6-12-19(18)27-14-16-7-3-2-4-8-16/h2-4,7-8,13,17-19H,5-6,9-12,14H2,1H3,(H,24,25)/t18-,19-/m1/s1. The van der Waals surface area contributed by atoms with Crippen molar-refractivity contribution in [3.63, 3.8) is 0 Å². The fraction of sp³-hybridized carbons (Fsp3) is 0.478. The van der Waals surface area contributed by atoms with Gasteiger partial charge in [-0.1, -0.05) is 36.8 Å². The summed E-state index contributed by atoms with van der Waals surface area (Å²) < 4.78 is 11.5. The molecule has 0 aliphatic heterocycles. The van der Waals surface area contributed by atoms with Crippen LogP contribution in [-0.2, 0) is 11.3 Å². The zero-order valence-corrected chi connectivity index (χ0v) is 16.3. The number of carbonyl (C=O) groups excluding carboxylic acids is 1. The lowest BCUT2D eigenvalue weighted by Gasteiger charge is -2.24. The predicted octanol–water partition coefficient (Wildman–Crippen LogP) is 4.08. The van der Waals surface area contributed by atoms with E-state index in [0.717, 1.165) is 43.4 Å². The molecule has 0 unspecified atom stereocenters. The topological polar surface area (TPSA) is 68.5 Å². The lowest BCUT2D eigenvalue weighted by Crippen LogP contribution is -2.42. The highest BCUT2D eigenvalue weighted by Crippen LogP contribution is 2.36. The predicted molar refractivity (Wildman–Crippen MR) is 106 cm³/mol. The summed E-state index contributed by atoms with van der Waals surface area (Å²) in [5.74, 6) is 0.691. The van der Waals surface area contributed by atoms with Crippen molar-refractivity contribution in [3.8, 4) is 0 Å². The highest BCUT2D eigenvalue weighted by molar-refractivity contribution is 5.95. The van der Waals surface area contributed by atoms with Gasteiger partial charge in [-0.3, -0.25) is 4.79 Å². The Balaban J connectivity index is 1.41. The van der Waals surface area contributed by atoms with Crippen molar-refractivity contribution in [2.24, 2.45) is 0 Å². The zero-order valence-electron chi connectivity index (χ0n) is 16.3. The third-order valence-corrected chi connectivity index (χ3v) is 5.98. The van der Waals surface area contributed by atoms with Gasteiger partial charge in [0, 0.05) is 5.92 Å². The second-order valence-corrected chi connectivity index (χ2v) is 7.97. The van der Waals surface area contributed by atoms with E-state index in [4.69, 9.17) is 9.15 Å². The maximum absolute atomic E-state index is 12.8. The van der Waals surface area contributed by atoms with Crippen LogP contribution in [0, 0.1) is 6.92 Å². The summed E-state index contributed by atoms with van der Waals surface area (Å²) in [6.07, 6.45) is 6.00. The molecule has 2 atom stereocenters. The van der Waals surface area contributed by atoms with Gasteiger partial charge >= 0.3 is 5.63 Å². The van der Waals surface area contributed by atoms with Crippen LogP contribution in [-0.4, -0.2) is 18.1 Å². The first-order valence-corrected chi connectivity index (χ1v) is 10.2. The Morgan fingerprint density at radius 1 is 1.14 bits per heavy atom. The average molecular weight is 381 g/mol. The van der Waals surface area contributed by atoms with E-state index in [1.807, 2.05) is 43.3 Å². The minimum Gasteiger partial charge on any atom is -0.427 e. The molecule has 1 aromatic heterocycles. The molecule has 1 amide bonds. The van der Waals surface area contributed by atoms with E-state index in [0.29, 0.717) is 18.1 Å². The van der Waals surface area contributed by atoms with Gasteiger partial charge in [-0.05, 0) is 56.2 Å². The van der Waals surface area contributed by atoms with Crippen LogP contribution >= 0.6 is 0 Å². The summed E-state index contributed by atoms with van der Waals surface area (Å²) in [5, 5.41) is 3.02. The van der Waals surface area contributed by atoms with Gasteiger partial charge in [-0.15, -0.1) is 0 Å². The molecule has 0 saturated heterocycles. The smallest absolute Gasteiger partial charge is 0.349 e. The lowest BCUT2D eigenvalue weighted by atomic mass is 9.83. The van der Waals surface area contributed by atoms with E-state index in [-0.39, 0.29) is 23.6 Å². The molecule has 1 heterocycles. The van der Waals surface area contributed by atoms with E-state index < -0.39 is 5.63 Å². The molecule has 1 aromatic carbocycles. The molecule has 1 N–H and O–H groups in total. The SMILES string of the molecule is Cc1cc(C2CCC2)oc(=O)c1C(=O)N[C@@H]1CCC[C@H]1OCc1ccccc1. The van der Waals surface area contributed by atoms with Crippen molar-refractivity contribution >= 4 is 5.91 Å². The molecular weight excluding hydrogens is 354 g/mol. The van der Waals surface area contributed by atoms with Gasteiger partial charge in [-0.2, -0.15) is 0 Å². The Bertz CT molecular complexity index is 885. The number of amides is 1. The summed E-state index contributed by atoms with van der Waals surface area (Å²) in [7, 11) is 0. The van der Waals surface area contributed by atoms with Gasteiger partial charge in [0.15, 0.2) is 0 Å². The van der Waals surface area contributed by atoms with Crippen LogP contribution in [0.1, 0.15) is 71.7 Å². The minimum atomic E-state index is -0.529. The van der Waals surface area contributed by atoms with Crippen LogP contribution in [0.25, 0.3) is 0 Å². The number of benzene rings is 1. The summed E-state index contributed by atoms with van der Waals surface area (Å²) in [4.78, 5) is 25.3. The van der Waals surface area contributed by atoms with E-state index in [1.54, 1.807) is 0 Å². The minimum absolute atomic E-state index is 0.0363. The number of nitrogens with one attached hydrogen (secondary N) is 1. The first kappa shape index (κ1) is 18.9. The monoisotopic (exact) mass is 381 g/mol. The first-order chi connectivity index (χ1) is 13.6. The number of rotatable bonds is 6. The van der Waals surface area contributed by atoms with E-state index in [1.165, 1.54) is 6.42 Å². The third-order valence-electron chi connectivity index (χ3n) is 5.98.